The number of aryl methyl sites for hydroxylation is 2. The van der Waals surface area contributed by atoms with Crippen LogP contribution in [0.4, 0.5) is 0 Å². The van der Waals surface area contributed by atoms with E-state index in [-0.39, 0.29) is 6.42 Å². The number of aliphatic carboxylic acids is 1. The summed E-state index contributed by atoms with van der Waals surface area (Å²) in [5, 5.41) is 8.77. The zero-order valence-corrected chi connectivity index (χ0v) is 10.0. The molecule has 1 aromatic carbocycles. The van der Waals surface area contributed by atoms with Crippen molar-refractivity contribution in [1.82, 2.24) is 0 Å². The van der Waals surface area contributed by atoms with Crippen LogP contribution in [0.5, 0.6) is 0 Å². The van der Waals surface area contributed by atoms with Crippen molar-refractivity contribution in [2.75, 3.05) is 0 Å². The second-order valence-electron chi connectivity index (χ2n) is 3.99. The van der Waals surface area contributed by atoms with Crippen molar-refractivity contribution in [3.8, 4) is 0 Å². The maximum Gasteiger partial charge on any atom is 0.307 e. The van der Waals surface area contributed by atoms with Crippen LogP contribution in [0.15, 0.2) is 16.6 Å². The third-order valence-electron chi connectivity index (χ3n) is 2.85. The standard InChI is InChI=1S/C12H13BrO2/c13-11-6-9-4-2-1-3-8(9)5-10(11)7-12(14)15/h5-6H,1-4,7H2,(H,14,15). The van der Waals surface area contributed by atoms with Gasteiger partial charge in [0.05, 0.1) is 6.42 Å². The molecule has 0 spiro atoms. The number of rotatable bonds is 2. The van der Waals surface area contributed by atoms with E-state index in [2.05, 4.69) is 22.0 Å². The molecule has 0 fully saturated rings. The molecule has 0 saturated heterocycles. The van der Waals surface area contributed by atoms with Gasteiger partial charge in [0.25, 0.3) is 0 Å². The summed E-state index contributed by atoms with van der Waals surface area (Å²) in [5.41, 5.74) is 3.60. The van der Waals surface area contributed by atoms with E-state index < -0.39 is 5.97 Å². The van der Waals surface area contributed by atoms with Gasteiger partial charge in [0, 0.05) is 4.47 Å². The van der Waals surface area contributed by atoms with Gasteiger partial charge in [0.1, 0.15) is 0 Å². The minimum atomic E-state index is -0.772. The molecule has 2 nitrogen and oxygen atoms in total. The highest BCUT2D eigenvalue weighted by molar-refractivity contribution is 9.10. The highest BCUT2D eigenvalue weighted by atomic mass is 79.9. The average Bonchev–Trinajstić information content (AvgIpc) is 2.18. The van der Waals surface area contributed by atoms with Gasteiger partial charge in [-0.2, -0.15) is 0 Å². The van der Waals surface area contributed by atoms with E-state index in [9.17, 15) is 4.79 Å². The van der Waals surface area contributed by atoms with Gasteiger partial charge < -0.3 is 5.11 Å². The van der Waals surface area contributed by atoms with Crippen molar-refractivity contribution >= 4 is 21.9 Å². The molecule has 15 heavy (non-hydrogen) atoms. The maximum absolute atomic E-state index is 10.7. The Hall–Kier alpha value is -0.830. The lowest BCUT2D eigenvalue weighted by Crippen LogP contribution is -2.07. The van der Waals surface area contributed by atoms with Crippen molar-refractivity contribution in [3.05, 3.63) is 33.3 Å². The van der Waals surface area contributed by atoms with Crippen molar-refractivity contribution in [1.29, 1.82) is 0 Å². The zero-order chi connectivity index (χ0) is 10.8. The van der Waals surface area contributed by atoms with Gasteiger partial charge in [0.15, 0.2) is 0 Å². The summed E-state index contributed by atoms with van der Waals surface area (Å²) >= 11 is 3.44. The van der Waals surface area contributed by atoms with E-state index in [0.29, 0.717) is 0 Å². The first-order valence-corrected chi connectivity index (χ1v) is 5.98. The van der Waals surface area contributed by atoms with Crippen molar-refractivity contribution in [2.45, 2.75) is 32.1 Å². The Labute approximate surface area is 97.4 Å². The number of benzene rings is 1. The summed E-state index contributed by atoms with van der Waals surface area (Å²) in [6, 6.07) is 4.14. The third kappa shape index (κ3) is 2.40. The molecule has 0 radical (unpaired) electrons. The molecule has 0 saturated carbocycles. The molecule has 0 amide bonds. The molecule has 0 unspecified atom stereocenters. The maximum atomic E-state index is 10.7. The minimum Gasteiger partial charge on any atom is -0.481 e. The quantitative estimate of drug-likeness (QED) is 0.896. The molecule has 0 bridgehead atoms. The lowest BCUT2D eigenvalue weighted by Gasteiger charge is -2.17. The largest absolute Gasteiger partial charge is 0.481 e. The molecule has 0 atom stereocenters. The SMILES string of the molecule is O=C(O)Cc1cc2c(cc1Br)CCCC2. The second-order valence-corrected chi connectivity index (χ2v) is 4.84. The normalized spacial score (nSPS) is 14.7. The molecular weight excluding hydrogens is 256 g/mol. The van der Waals surface area contributed by atoms with Gasteiger partial charge in [-0.05, 0) is 48.4 Å². The van der Waals surface area contributed by atoms with E-state index in [1.165, 1.54) is 24.0 Å². The van der Waals surface area contributed by atoms with Crippen LogP contribution in [0.1, 0.15) is 29.5 Å². The van der Waals surface area contributed by atoms with Gasteiger partial charge in [0.2, 0.25) is 0 Å². The van der Waals surface area contributed by atoms with Crippen LogP contribution >= 0.6 is 15.9 Å². The topological polar surface area (TPSA) is 37.3 Å². The van der Waals surface area contributed by atoms with Crippen LogP contribution in [-0.4, -0.2) is 11.1 Å². The first-order chi connectivity index (χ1) is 7.16. The minimum absolute atomic E-state index is 0.105. The highest BCUT2D eigenvalue weighted by Crippen LogP contribution is 2.28. The number of hydrogen-bond acceptors (Lipinski definition) is 1. The predicted octanol–water partition coefficient (Wildman–Crippen LogP) is 2.96. The second kappa shape index (κ2) is 4.35. The lowest BCUT2D eigenvalue weighted by molar-refractivity contribution is -0.136. The van der Waals surface area contributed by atoms with E-state index >= 15 is 0 Å². The number of hydrogen-bond donors (Lipinski definition) is 1. The van der Waals surface area contributed by atoms with Crippen LogP contribution < -0.4 is 0 Å². The summed E-state index contributed by atoms with van der Waals surface area (Å²) in [4.78, 5) is 10.7. The van der Waals surface area contributed by atoms with Gasteiger partial charge in [-0.25, -0.2) is 0 Å². The summed E-state index contributed by atoms with van der Waals surface area (Å²) < 4.78 is 0.936. The molecule has 1 N–H and O–H groups in total. The van der Waals surface area contributed by atoms with E-state index in [4.69, 9.17) is 5.11 Å². The van der Waals surface area contributed by atoms with E-state index in [0.717, 1.165) is 22.9 Å². The monoisotopic (exact) mass is 268 g/mol. The first-order valence-electron chi connectivity index (χ1n) is 5.19. The fourth-order valence-corrected chi connectivity index (χ4v) is 2.64. The fourth-order valence-electron chi connectivity index (χ4n) is 2.11. The number of carboxylic acids is 1. The molecule has 0 aliphatic heterocycles. The van der Waals surface area contributed by atoms with Crippen LogP contribution in [-0.2, 0) is 24.1 Å². The Morgan fingerprint density at radius 2 is 1.87 bits per heavy atom. The number of fused-ring (bicyclic) bond motifs is 1. The summed E-state index contributed by atoms with van der Waals surface area (Å²) in [5.74, 6) is -0.772. The number of carbonyl (C=O) groups is 1. The van der Waals surface area contributed by atoms with Gasteiger partial charge >= 0.3 is 5.97 Å². The molecule has 1 aromatic rings. The number of halogens is 1. The van der Waals surface area contributed by atoms with E-state index in [1.54, 1.807) is 0 Å². The molecule has 1 aliphatic rings. The van der Waals surface area contributed by atoms with Crippen molar-refractivity contribution in [3.63, 3.8) is 0 Å². The summed E-state index contributed by atoms with van der Waals surface area (Å²) in [7, 11) is 0. The lowest BCUT2D eigenvalue weighted by atomic mass is 9.90. The number of carboxylic acid groups (broad SMARTS) is 1. The Balaban J connectivity index is 2.36. The zero-order valence-electron chi connectivity index (χ0n) is 8.42. The highest BCUT2D eigenvalue weighted by Gasteiger charge is 2.13. The van der Waals surface area contributed by atoms with Crippen molar-refractivity contribution < 1.29 is 9.90 Å². The van der Waals surface area contributed by atoms with Crippen LogP contribution in [0.3, 0.4) is 0 Å². The molecule has 0 aromatic heterocycles. The Morgan fingerprint density at radius 3 is 2.47 bits per heavy atom. The molecule has 3 heteroatoms. The molecule has 2 rings (SSSR count). The third-order valence-corrected chi connectivity index (χ3v) is 3.59. The molecule has 1 aliphatic carbocycles. The van der Waals surface area contributed by atoms with Crippen LogP contribution in [0.2, 0.25) is 0 Å². The summed E-state index contributed by atoms with van der Waals surface area (Å²) in [6.45, 7) is 0. The van der Waals surface area contributed by atoms with Gasteiger partial charge in [-0.1, -0.05) is 22.0 Å². The van der Waals surface area contributed by atoms with Gasteiger partial charge in [-0.15, -0.1) is 0 Å². The fraction of sp³-hybridized carbons (Fsp3) is 0.417. The Kier molecular flexibility index (Phi) is 3.10. The predicted molar refractivity (Wildman–Crippen MR) is 62.1 cm³/mol. The van der Waals surface area contributed by atoms with Crippen LogP contribution in [0, 0.1) is 0 Å². The first kappa shape index (κ1) is 10.7. The van der Waals surface area contributed by atoms with Crippen molar-refractivity contribution in [2.24, 2.45) is 0 Å². The van der Waals surface area contributed by atoms with Crippen LogP contribution in [0.25, 0.3) is 0 Å². The smallest absolute Gasteiger partial charge is 0.307 e. The molecular formula is C12H13BrO2. The van der Waals surface area contributed by atoms with E-state index in [1.807, 2.05) is 6.07 Å². The Morgan fingerprint density at radius 1 is 1.27 bits per heavy atom. The molecule has 80 valence electrons. The van der Waals surface area contributed by atoms with Gasteiger partial charge in [-0.3, -0.25) is 4.79 Å². The molecule has 0 heterocycles. The Bertz CT molecular complexity index is 399. The average molecular weight is 269 g/mol. The summed E-state index contributed by atoms with van der Waals surface area (Å²) in [6.07, 6.45) is 4.79.